The molecule has 0 heterocycles. The van der Waals surface area contributed by atoms with Crippen LogP contribution in [0.25, 0.3) is 12.2 Å². The summed E-state index contributed by atoms with van der Waals surface area (Å²) in [6, 6.07) is 19.7. The average Bonchev–Trinajstić information content (AvgIpc) is 2.45. The normalized spacial score (nSPS) is 11.6. The van der Waals surface area contributed by atoms with Gasteiger partial charge in [0.2, 0.25) is 0 Å². The third-order valence-electron chi connectivity index (χ3n) is 2.39. The lowest BCUT2D eigenvalue weighted by Gasteiger charge is -1.91. The van der Waals surface area contributed by atoms with Gasteiger partial charge >= 0.3 is 0 Å². The van der Waals surface area contributed by atoms with E-state index < -0.39 is 10.8 Å². The van der Waals surface area contributed by atoms with Crippen LogP contribution in [0.4, 0.5) is 0 Å². The fraction of sp³-hybridized carbons (Fsp3) is 0. The minimum Gasteiger partial charge on any atom is -0.250 e. The maximum absolute atomic E-state index is 11.7. The Morgan fingerprint density at radius 2 is 1.06 bits per heavy atom. The van der Waals surface area contributed by atoms with Crippen LogP contribution in [0.3, 0.4) is 0 Å². The van der Waals surface area contributed by atoms with Crippen molar-refractivity contribution in [1.29, 1.82) is 0 Å². The van der Waals surface area contributed by atoms with Crippen molar-refractivity contribution in [3.8, 4) is 0 Å². The molecule has 90 valence electrons. The topological polar surface area (TPSA) is 17.1 Å². The van der Waals surface area contributed by atoms with Crippen LogP contribution in [0.1, 0.15) is 11.1 Å². The first-order valence-corrected chi connectivity index (χ1v) is 6.98. The molecule has 0 radical (unpaired) electrons. The van der Waals surface area contributed by atoms with Gasteiger partial charge in [0.15, 0.2) is 0 Å². The van der Waals surface area contributed by atoms with E-state index in [1.54, 1.807) is 10.8 Å². The van der Waals surface area contributed by atoms with Crippen LogP contribution in [0.5, 0.6) is 0 Å². The molecule has 18 heavy (non-hydrogen) atoms. The molecular formula is C16H14OS. The zero-order valence-electron chi connectivity index (χ0n) is 9.90. The Balaban J connectivity index is 1.97. The quantitative estimate of drug-likeness (QED) is 0.803. The number of benzene rings is 2. The van der Waals surface area contributed by atoms with Crippen molar-refractivity contribution in [2.45, 2.75) is 0 Å². The summed E-state index contributed by atoms with van der Waals surface area (Å²) in [6.45, 7) is 0. The van der Waals surface area contributed by atoms with Crippen molar-refractivity contribution >= 4 is 23.0 Å². The fourth-order valence-electron chi connectivity index (χ4n) is 1.46. The van der Waals surface area contributed by atoms with Gasteiger partial charge in [0, 0.05) is 10.8 Å². The smallest absolute Gasteiger partial charge is 0.0702 e. The van der Waals surface area contributed by atoms with Gasteiger partial charge in [-0.3, -0.25) is 4.21 Å². The van der Waals surface area contributed by atoms with Crippen molar-refractivity contribution in [2.75, 3.05) is 0 Å². The molecule has 2 aromatic rings. The Kier molecular flexibility index (Phi) is 4.68. The summed E-state index contributed by atoms with van der Waals surface area (Å²) in [4.78, 5) is 0. The largest absolute Gasteiger partial charge is 0.250 e. The fourth-order valence-corrected chi connectivity index (χ4v) is 2.14. The van der Waals surface area contributed by atoms with E-state index in [9.17, 15) is 4.21 Å². The van der Waals surface area contributed by atoms with Crippen LogP contribution in [0, 0.1) is 0 Å². The molecule has 0 atom stereocenters. The van der Waals surface area contributed by atoms with Crippen LogP contribution in [0.2, 0.25) is 0 Å². The van der Waals surface area contributed by atoms with Gasteiger partial charge in [0.05, 0.1) is 10.8 Å². The first kappa shape index (κ1) is 12.5. The number of rotatable bonds is 4. The van der Waals surface area contributed by atoms with Gasteiger partial charge in [0.25, 0.3) is 0 Å². The molecule has 0 N–H and O–H groups in total. The zero-order valence-corrected chi connectivity index (χ0v) is 10.7. The van der Waals surface area contributed by atoms with Crippen molar-refractivity contribution in [3.63, 3.8) is 0 Å². The molecule has 2 heteroatoms. The highest BCUT2D eigenvalue weighted by Crippen LogP contribution is 2.05. The summed E-state index contributed by atoms with van der Waals surface area (Å²) < 4.78 is 11.7. The van der Waals surface area contributed by atoms with Crippen LogP contribution < -0.4 is 0 Å². The van der Waals surface area contributed by atoms with Gasteiger partial charge in [-0.15, -0.1) is 0 Å². The van der Waals surface area contributed by atoms with Crippen LogP contribution in [-0.2, 0) is 10.8 Å². The van der Waals surface area contributed by atoms with Gasteiger partial charge in [0.1, 0.15) is 0 Å². The van der Waals surface area contributed by atoms with E-state index in [-0.39, 0.29) is 0 Å². The van der Waals surface area contributed by atoms with Crippen molar-refractivity contribution < 1.29 is 4.21 Å². The Bertz CT molecular complexity index is 505. The lowest BCUT2D eigenvalue weighted by Crippen LogP contribution is -1.77. The molecule has 0 aromatic heterocycles. The lowest BCUT2D eigenvalue weighted by molar-refractivity contribution is 0.693. The minimum absolute atomic E-state index is 1.05. The number of hydrogen-bond acceptors (Lipinski definition) is 1. The van der Waals surface area contributed by atoms with Gasteiger partial charge in [-0.25, -0.2) is 0 Å². The maximum Gasteiger partial charge on any atom is 0.0702 e. The molecule has 0 amide bonds. The molecule has 0 saturated heterocycles. The molecule has 0 saturated carbocycles. The predicted octanol–water partition coefficient (Wildman–Crippen LogP) is 4.08. The second kappa shape index (κ2) is 6.72. The monoisotopic (exact) mass is 254 g/mol. The second-order valence-corrected chi connectivity index (χ2v) is 4.96. The van der Waals surface area contributed by atoms with Crippen molar-refractivity contribution in [1.82, 2.24) is 0 Å². The van der Waals surface area contributed by atoms with Gasteiger partial charge in [-0.2, -0.15) is 0 Å². The van der Waals surface area contributed by atoms with Crippen molar-refractivity contribution in [3.05, 3.63) is 82.6 Å². The highest BCUT2D eigenvalue weighted by molar-refractivity contribution is 7.91. The van der Waals surface area contributed by atoms with E-state index in [1.165, 1.54) is 0 Å². The highest BCUT2D eigenvalue weighted by Gasteiger charge is 1.88. The van der Waals surface area contributed by atoms with Gasteiger partial charge < -0.3 is 0 Å². The van der Waals surface area contributed by atoms with Crippen LogP contribution >= 0.6 is 0 Å². The third-order valence-corrected chi connectivity index (χ3v) is 3.20. The molecular weight excluding hydrogens is 240 g/mol. The molecule has 0 unspecified atom stereocenters. The van der Waals surface area contributed by atoms with Crippen LogP contribution in [0.15, 0.2) is 71.5 Å². The Morgan fingerprint density at radius 3 is 1.44 bits per heavy atom. The Hall–Kier alpha value is -1.93. The summed E-state index contributed by atoms with van der Waals surface area (Å²) in [5.74, 6) is 0. The van der Waals surface area contributed by atoms with E-state index >= 15 is 0 Å². The summed E-state index contributed by atoms with van der Waals surface area (Å²) in [5, 5.41) is 3.38. The molecule has 0 aliphatic heterocycles. The second-order valence-electron chi connectivity index (χ2n) is 3.76. The molecule has 0 aliphatic carbocycles. The van der Waals surface area contributed by atoms with Crippen molar-refractivity contribution in [2.24, 2.45) is 0 Å². The maximum atomic E-state index is 11.7. The summed E-state index contributed by atoms with van der Waals surface area (Å²) in [5.41, 5.74) is 2.11. The summed E-state index contributed by atoms with van der Waals surface area (Å²) in [7, 11) is -1.08. The summed E-state index contributed by atoms with van der Waals surface area (Å²) in [6.07, 6.45) is 3.73. The van der Waals surface area contributed by atoms with E-state index in [0.29, 0.717) is 0 Å². The van der Waals surface area contributed by atoms with Gasteiger partial charge in [-0.1, -0.05) is 60.7 Å². The first-order chi connectivity index (χ1) is 8.84. The average molecular weight is 254 g/mol. The van der Waals surface area contributed by atoms with E-state index in [2.05, 4.69) is 0 Å². The van der Waals surface area contributed by atoms with Crippen LogP contribution in [-0.4, -0.2) is 4.21 Å². The third kappa shape index (κ3) is 4.15. The Labute approximate surface area is 110 Å². The molecule has 2 aromatic carbocycles. The molecule has 0 fully saturated rings. The predicted molar refractivity (Wildman–Crippen MR) is 79.1 cm³/mol. The molecule has 2 rings (SSSR count). The molecule has 0 aliphatic rings. The SMILES string of the molecule is O=S(/C=C\c1ccccc1)/C=C\c1ccccc1. The molecule has 0 bridgehead atoms. The minimum atomic E-state index is -1.08. The van der Waals surface area contributed by atoms with E-state index in [4.69, 9.17) is 0 Å². The van der Waals surface area contributed by atoms with E-state index in [1.807, 2.05) is 72.8 Å². The lowest BCUT2D eigenvalue weighted by atomic mass is 10.2. The molecule has 0 spiro atoms. The highest BCUT2D eigenvalue weighted by atomic mass is 32.2. The standard InChI is InChI=1S/C16H14OS/c17-18(13-11-15-7-3-1-4-8-15)14-12-16-9-5-2-6-10-16/h1-14H/b13-11-,14-12-. The Morgan fingerprint density at radius 1 is 0.667 bits per heavy atom. The van der Waals surface area contributed by atoms with E-state index in [0.717, 1.165) is 11.1 Å². The summed E-state index contributed by atoms with van der Waals surface area (Å²) >= 11 is 0. The zero-order chi connectivity index (χ0) is 12.6. The first-order valence-electron chi connectivity index (χ1n) is 5.70. The molecule has 1 nitrogen and oxygen atoms in total. The van der Waals surface area contributed by atoms with Gasteiger partial charge in [-0.05, 0) is 23.3 Å². The number of hydrogen-bond donors (Lipinski definition) is 0.